The van der Waals surface area contributed by atoms with Crippen molar-refractivity contribution in [2.75, 3.05) is 7.11 Å². The summed E-state index contributed by atoms with van der Waals surface area (Å²) < 4.78 is 6.60. The molecule has 3 N–H and O–H groups in total. The van der Waals surface area contributed by atoms with Crippen LogP contribution in [0.25, 0.3) is 16.2 Å². The summed E-state index contributed by atoms with van der Waals surface area (Å²) in [5.74, 6) is -0.336. The van der Waals surface area contributed by atoms with E-state index in [0.29, 0.717) is 6.54 Å². The van der Waals surface area contributed by atoms with Crippen molar-refractivity contribution < 1.29 is 14.3 Å². The Bertz CT molecular complexity index is 959. The first kappa shape index (κ1) is 20.8. The van der Waals surface area contributed by atoms with Gasteiger partial charge in [-0.1, -0.05) is 45.0 Å². The molecule has 0 bridgehead atoms. The predicted molar refractivity (Wildman–Crippen MR) is 112 cm³/mol. The van der Waals surface area contributed by atoms with Gasteiger partial charge in [-0.15, -0.1) is 11.3 Å². The molecule has 0 unspecified atom stereocenters. The topological polar surface area (TPSA) is 96.8 Å². The summed E-state index contributed by atoms with van der Waals surface area (Å²) in [4.78, 5) is 29.6. The Labute approximate surface area is 173 Å². The fourth-order valence-corrected chi connectivity index (χ4v) is 3.52. The van der Waals surface area contributed by atoms with Crippen LogP contribution in [0, 0.1) is 5.41 Å². The van der Waals surface area contributed by atoms with E-state index in [1.54, 1.807) is 11.3 Å². The van der Waals surface area contributed by atoms with E-state index >= 15 is 0 Å². The quantitative estimate of drug-likeness (QED) is 0.538. The van der Waals surface area contributed by atoms with E-state index in [0.717, 1.165) is 21.8 Å². The Morgan fingerprint density at radius 2 is 1.97 bits per heavy atom. The first-order chi connectivity index (χ1) is 13.8. The molecule has 3 aromatic rings. The van der Waals surface area contributed by atoms with E-state index in [1.165, 1.54) is 7.11 Å². The highest BCUT2D eigenvalue weighted by Gasteiger charge is 2.33. The van der Waals surface area contributed by atoms with E-state index < -0.39 is 17.6 Å². The normalized spacial score (nSPS) is 12.6. The second-order valence-electron chi connectivity index (χ2n) is 7.69. The summed E-state index contributed by atoms with van der Waals surface area (Å²) in [5.41, 5.74) is 8.05. The number of amides is 2. The van der Waals surface area contributed by atoms with E-state index in [1.807, 2.05) is 67.2 Å². The summed E-state index contributed by atoms with van der Waals surface area (Å²) in [7, 11) is 1.27. The molecule has 1 aromatic carbocycles. The molecule has 2 heterocycles. The molecule has 9 heteroatoms. The van der Waals surface area contributed by atoms with Gasteiger partial charge in [-0.05, 0) is 11.0 Å². The lowest BCUT2D eigenvalue weighted by molar-refractivity contribution is -0.126. The minimum Gasteiger partial charge on any atom is -0.453 e. The smallest absolute Gasteiger partial charge is 0.407 e. The third-order valence-corrected chi connectivity index (χ3v) is 5.19. The summed E-state index contributed by atoms with van der Waals surface area (Å²) in [6.45, 7) is 6.04. The highest BCUT2D eigenvalue weighted by molar-refractivity contribution is 7.15. The molecule has 0 radical (unpaired) electrons. The van der Waals surface area contributed by atoms with Crippen LogP contribution in [0.15, 0.2) is 42.0 Å². The van der Waals surface area contributed by atoms with Gasteiger partial charge in [0.1, 0.15) is 6.04 Å². The van der Waals surface area contributed by atoms with Crippen LogP contribution < -0.4 is 16.2 Å². The second-order valence-corrected chi connectivity index (χ2v) is 8.57. The monoisotopic (exact) mass is 415 g/mol. The van der Waals surface area contributed by atoms with Gasteiger partial charge in [-0.2, -0.15) is 0 Å². The van der Waals surface area contributed by atoms with Crippen molar-refractivity contribution in [3.8, 4) is 11.3 Å². The minimum atomic E-state index is -0.736. The molecule has 8 nitrogen and oxygen atoms in total. The molecule has 3 rings (SSSR count). The van der Waals surface area contributed by atoms with Crippen LogP contribution in [0.5, 0.6) is 0 Å². The molecule has 2 amide bonds. The maximum atomic E-state index is 12.5. The summed E-state index contributed by atoms with van der Waals surface area (Å²) >= 11 is 1.60. The Balaban J connectivity index is 1.56. The zero-order chi connectivity index (χ0) is 21.0. The van der Waals surface area contributed by atoms with Crippen molar-refractivity contribution in [3.63, 3.8) is 0 Å². The number of benzene rings is 1. The average Bonchev–Trinajstić information content (AvgIpc) is 3.27. The number of aromatic nitrogens is 2. The van der Waals surface area contributed by atoms with Crippen LogP contribution in [0.3, 0.4) is 0 Å². The molecular formula is C20H25N5O3S. The highest BCUT2D eigenvalue weighted by atomic mass is 32.1. The molecule has 0 fully saturated rings. The molecular weight excluding hydrogens is 390 g/mol. The van der Waals surface area contributed by atoms with E-state index in [2.05, 4.69) is 25.9 Å². The van der Waals surface area contributed by atoms with Crippen molar-refractivity contribution >= 4 is 28.3 Å². The summed E-state index contributed by atoms with van der Waals surface area (Å²) in [6, 6.07) is 7.23. The SMILES string of the molecule is COC(=O)N[C@H](C(=O)NNCc1ccc(-c2cn3ccsc3n2)cc1)C(C)(C)C. The third-order valence-electron chi connectivity index (χ3n) is 4.42. The number of methoxy groups -OCH3 is 1. The van der Waals surface area contributed by atoms with Crippen LogP contribution in [0.1, 0.15) is 26.3 Å². The lowest BCUT2D eigenvalue weighted by Crippen LogP contribution is -2.56. The van der Waals surface area contributed by atoms with Gasteiger partial charge in [0.05, 0.1) is 12.8 Å². The number of carbonyl (C=O) groups is 2. The zero-order valence-electron chi connectivity index (χ0n) is 16.9. The van der Waals surface area contributed by atoms with E-state index in [9.17, 15) is 9.59 Å². The maximum absolute atomic E-state index is 12.5. The van der Waals surface area contributed by atoms with Gasteiger partial charge in [-0.25, -0.2) is 15.2 Å². The van der Waals surface area contributed by atoms with Gasteiger partial charge in [0.2, 0.25) is 0 Å². The summed E-state index contributed by atoms with van der Waals surface area (Å²) in [6.07, 6.45) is 3.34. The number of hydrogen-bond donors (Lipinski definition) is 3. The molecule has 0 saturated heterocycles. The average molecular weight is 416 g/mol. The second kappa shape index (κ2) is 8.62. The van der Waals surface area contributed by atoms with Crippen molar-refractivity contribution in [2.45, 2.75) is 33.4 Å². The summed E-state index contributed by atoms with van der Waals surface area (Å²) in [5, 5.41) is 4.57. The lowest BCUT2D eigenvalue weighted by atomic mass is 9.86. The Hall–Kier alpha value is -2.91. The van der Waals surface area contributed by atoms with Gasteiger partial charge in [0.15, 0.2) is 4.96 Å². The third kappa shape index (κ3) is 5.12. The Morgan fingerprint density at radius 3 is 2.59 bits per heavy atom. The number of alkyl carbamates (subject to hydrolysis) is 1. The number of carbonyl (C=O) groups excluding carboxylic acids is 2. The maximum Gasteiger partial charge on any atom is 0.407 e. The Morgan fingerprint density at radius 1 is 1.24 bits per heavy atom. The van der Waals surface area contributed by atoms with Gasteiger partial charge in [0.25, 0.3) is 5.91 Å². The number of hydrogen-bond acceptors (Lipinski definition) is 6. The molecule has 0 saturated carbocycles. The number of imidazole rings is 1. The molecule has 0 aliphatic carbocycles. The number of nitrogens with zero attached hydrogens (tertiary/aromatic N) is 2. The van der Waals surface area contributed by atoms with Gasteiger partial charge >= 0.3 is 6.09 Å². The highest BCUT2D eigenvalue weighted by Crippen LogP contribution is 2.22. The lowest BCUT2D eigenvalue weighted by Gasteiger charge is -2.29. The van der Waals surface area contributed by atoms with Gasteiger partial charge in [-0.3, -0.25) is 14.6 Å². The molecule has 29 heavy (non-hydrogen) atoms. The van der Waals surface area contributed by atoms with Crippen LogP contribution in [-0.2, 0) is 16.1 Å². The number of thiazole rings is 1. The first-order valence-electron chi connectivity index (χ1n) is 9.16. The number of ether oxygens (including phenoxy) is 1. The Kier molecular flexibility index (Phi) is 6.19. The van der Waals surface area contributed by atoms with Crippen LogP contribution in [0.4, 0.5) is 4.79 Å². The number of rotatable bonds is 6. The van der Waals surface area contributed by atoms with Crippen LogP contribution >= 0.6 is 11.3 Å². The molecule has 0 aliphatic heterocycles. The molecule has 0 spiro atoms. The van der Waals surface area contributed by atoms with Crippen LogP contribution in [0.2, 0.25) is 0 Å². The van der Waals surface area contributed by atoms with Crippen molar-refractivity contribution in [1.82, 2.24) is 25.6 Å². The molecule has 1 atom stereocenters. The first-order valence-corrected chi connectivity index (χ1v) is 10.0. The van der Waals surface area contributed by atoms with E-state index in [4.69, 9.17) is 0 Å². The number of nitrogens with one attached hydrogen (secondary N) is 3. The molecule has 2 aromatic heterocycles. The van der Waals surface area contributed by atoms with Gasteiger partial charge in [0, 0.05) is 29.9 Å². The van der Waals surface area contributed by atoms with Crippen molar-refractivity contribution in [3.05, 3.63) is 47.6 Å². The molecule has 0 aliphatic rings. The van der Waals surface area contributed by atoms with Crippen LogP contribution in [-0.4, -0.2) is 34.5 Å². The van der Waals surface area contributed by atoms with Crippen molar-refractivity contribution in [1.29, 1.82) is 0 Å². The fourth-order valence-electron chi connectivity index (χ4n) is 2.82. The van der Waals surface area contributed by atoms with Gasteiger partial charge < -0.3 is 10.1 Å². The molecule has 154 valence electrons. The van der Waals surface area contributed by atoms with E-state index in [-0.39, 0.29) is 5.91 Å². The minimum absolute atomic E-state index is 0.336. The fraction of sp³-hybridized carbons (Fsp3) is 0.350. The zero-order valence-corrected chi connectivity index (χ0v) is 17.7. The van der Waals surface area contributed by atoms with Crippen molar-refractivity contribution in [2.24, 2.45) is 5.41 Å². The largest absolute Gasteiger partial charge is 0.453 e. The predicted octanol–water partition coefficient (Wildman–Crippen LogP) is 2.95. The number of fused-ring (bicyclic) bond motifs is 1. The number of hydrazine groups is 1. The standard InChI is InChI=1S/C20H25N5O3S/c1-20(2,3)16(23-19(27)28-4)17(26)24-21-11-13-5-7-14(8-6-13)15-12-25-9-10-29-18(25)22-15/h5-10,12,16,21H,11H2,1-4H3,(H,23,27)(H,24,26)/t16-/m1/s1.